The summed E-state index contributed by atoms with van der Waals surface area (Å²) in [7, 11) is 1.90. The Morgan fingerprint density at radius 3 is 2.73 bits per heavy atom. The Morgan fingerprint density at radius 2 is 2.20 bits per heavy atom. The summed E-state index contributed by atoms with van der Waals surface area (Å²) >= 11 is 0. The molecule has 1 unspecified atom stereocenters. The van der Waals surface area contributed by atoms with Gasteiger partial charge in [0.05, 0.1) is 0 Å². The van der Waals surface area contributed by atoms with E-state index >= 15 is 0 Å². The first-order chi connectivity index (χ1) is 7.17. The number of rotatable bonds is 5. The Kier molecular flexibility index (Phi) is 4.50. The fourth-order valence-electron chi connectivity index (χ4n) is 1.73. The van der Waals surface area contributed by atoms with Crippen LogP contribution in [0.4, 0.5) is 4.39 Å². The van der Waals surface area contributed by atoms with E-state index in [0.29, 0.717) is 0 Å². The van der Waals surface area contributed by atoms with Gasteiger partial charge < -0.3 is 5.32 Å². The summed E-state index contributed by atoms with van der Waals surface area (Å²) in [5.41, 5.74) is 1.97. The van der Waals surface area contributed by atoms with Gasteiger partial charge in [0, 0.05) is 6.04 Å². The number of hydrogen-bond acceptors (Lipinski definition) is 1. The third kappa shape index (κ3) is 3.48. The maximum absolute atomic E-state index is 13.2. The van der Waals surface area contributed by atoms with Gasteiger partial charge in [0.2, 0.25) is 0 Å². The van der Waals surface area contributed by atoms with E-state index < -0.39 is 0 Å². The SMILES string of the molecule is C=CCCC(NC)c1cc(C)cc(F)c1. The van der Waals surface area contributed by atoms with Crippen molar-refractivity contribution < 1.29 is 4.39 Å². The highest BCUT2D eigenvalue weighted by Gasteiger charge is 2.09. The highest BCUT2D eigenvalue weighted by Crippen LogP contribution is 2.20. The van der Waals surface area contributed by atoms with Crippen molar-refractivity contribution in [2.24, 2.45) is 0 Å². The quantitative estimate of drug-likeness (QED) is 0.730. The second-order valence-corrected chi connectivity index (χ2v) is 3.77. The molecular weight excluding hydrogens is 189 g/mol. The molecule has 0 aliphatic heterocycles. The van der Waals surface area contributed by atoms with Crippen LogP contribution in [0.5, 0.6) is 0 Å². The minimum Gasteiger partial charge on any atom is -0.313 e. The number of allylic oxidation sites excluding steroid dienone is 1. The molecular formula is C13H18FN. The van der Waals surface area contributed by atoms with Gasteiger partial charge >= 0.3 is 0 Å². The first-order valence-electron chi connectivity index (χ1n) is 5.22. The van der Waals surface area contributed by atoms with E-state index in [1.165, 1.54) is 0 Å². The Labute approximate surface area is 91.0 Å². The number of halogens is 1. The molecule has 0 bridgehead atoms. The molecule has 1 N–H and O–H groups in total. The lowest BCUT2D eigenvalue weighted by Crippen LogP contribution is -2.16. The average Bonchev–Trinajstić information content (AvgIpc) is 2.17. The van der Waals surface area contributed by atoms with Crippen molar-refractivity contribution in [3.63, 3.8) is 0 Å². The van der Waals surface area contributed by atoms with Gasteiger partial charge in [0.1, 0.15) is 5.82 Å². The molecule has 1 rings (SSSR count). The van der Waals surface area contributed by atoms with E-state index in [1.807, 2.05) is 26.1 Å². The van der Waals surface area contributed by atoms with Gasteiger partial charge in [-0.3, -0.25) is 0 Å². The van der Waals surface area contributed by atoms with Gasteiger partial charge in [-0.05, 0) is 50.1 Å². The van der Waals surface area contributed by atoms with Crippen molar-refractivity contribution in [3.8, 4) is 0 Å². The lowest BCUT2D eigenvalue weighted by atomic mass is 10.00. The molecule has 15 heavy (non-hydrogen) atoms. The minimum absolute atomic E-state index is 0.163. The molecule has 0 aliphatic rings. The average molecular weight is 207 g/mol. The Bertz CT molecular complexity index is 313. The Morgan fingerprint density at radius 1 is 1.47 bits per heavy atom. The van der Waals surface area contributed by atoms with Gasteiger partial charge in [-0.1, -0.05) is 12.1 Å². The molecule has 1 aromatic carbocycles. The molecule has 0 saturated heterocycles. The predicted octanol–water partition coefficient (Wildman–Crippen LogP) is 3.36. The summed E-state index contributed by atoms with van der Waals surface area (Å²) in [6.45, 7) is 5.60. The standard InChI is InChI=1S/C13H18FN/c1-4-5-6-13(15-3)11-7-10(2)8-12(14)9-11/h4,7-9,13,15H,1,5-6H2,2-3H3. The van der Waals surface area contributed by atoms with Gasteiger partial charge in [0.25, 0.3) is 0 Å². The monoisotopic (exact) mass is 207 g/mol. The van der Waals surface area contributed by atoms with Crippen molar-refractivity contribution in [2.75, 3.05) is 7.05 Å². The molecule has 0 aliphatic carbocycles. The normalized spacial score (nSPS) is 12.5. The van der Waals surface area contributed by atoms with E-state index in [-0.39, 0.29) is 11.9 Å². The van der Waals surface area contributed by atoms with E-state index in [0.717, 1.165) is 24.0 Å². The molecule has 0 fully saturated rings. The molecule has 0 spiro atoms. The fraction of sp³-hybridized carbons (Fsp3) is 0.385. The van der Waals surface area contributed by atoms with Gasteiger partial charge in [0.15, 0.2) is 0 Å². The van der Waals surface area contributed by atoms with Gasteiger partial charge in [-0.15, -0.1) is 6.58 Å². The first-order valence-corrected chi connectivity index (χ1v) is 5.22. The zero-order valence-electron chi connectivity index (χ0n) is 9.39. The maximum atomic E-state index is 13.2. The van der Waals surface area contributed by atoms with Crippen molar-refractivity contribution in [3.05, 3.63) is 47.8 Å². The van der Waals surface area contributed by atoms with Crippen LogP contribution in [0, 0.1) is 12.7 Å². The summed E-state index contributed by atoms with van der Waals surface area (Å²) in [4.78, 5) is 0. The second-order valence-electron chi connectivity index (χ2n) is 3.77. The third-order valence-corrected chi connectivity index (χ3v) is 2.47. The van der Waals surface area contributed by atoms with Crippen molar-refractivity contribution in [1.29, 1.82) is 0 Å². The molecule has 0 radical (unpaired) electrons. The van der Waals surface area contributed by atoms with Crippen LogP contribution in [0.15, 0.2) is 30.9 Å². The molecule has 1 nitrogen and oxygen atoms in total. The van der Waals surface area contributed by atoms with Crippen LogP contribution in [-0.2, 0) is 0 Å². The molecule has 1 atom stereocenters. The van der Waals surface area contributed by atoms with Crippen LogP contribution >= 0.6 is 0 Å². The van der Waals surface area contributed by atoms with E-state index in [2.05, 4.69) is 11.9 Å². The van der Waals surface area contributed by atoms with Gasteiger partial charge in [-0.25, -0.2) is 4.39 Å². The van der Waals surface area contributed by atoms with Crippen LogP contribution in [-0.4, -0.2) is 7.05 Å². The summed E-state index contributed by atoms with van der Waals surface area (Å²) in [6, 6.07) is 5.37. The Balaban J connectivity index is 2.85. The zero-order valence-corrected chi connectivity index (χ0v) is 9.39. The minimum atomic E-state index is -0.163. The third-order valence-electron chi connectivity index (χ3n) is 2.47. The Hall–Kier alpha value is -1.15. The van der Waals surface area contributed by atoms with E-state index in [4.69, 9.17) is 0 Å². The van der Waals surface area contributed by atoms with Crippen LogP contribution in [0.3, 0.4) is 0 Å². The predicted molar refractivity (Wildman–Crippen MR) is 62.4 cm³/mol. The molecule has 0 aromatic heterocycles. The molecule has 0 heterocycles. The molecule has 0 amide bonds. The summed E-state index contributed by atoms with van der Waals surface area (Å²) in [5.74, 6) is -0.163. The molecule has 2 heteroatoms. The fourth-order valence-corrected chi connectivity index (χ4v) is 1.73. The number of nitrogens with one attached hydrogen (secondary N) is 1. The van der Waals surface area contributed by atoms with E-state index in [9.17, 15) is 4.39 Å². The zero-order chi connectivity index (χ0) is 11.3. The lowest BCUT2D eigenvalue weighted by molar-refractivity contribution is 0.546. The summed E-state index contributed by atoms with van der Waals surface area (Å²) in [6.07, 6.45) is 3.76. The van der Waals surface area contributed by atoms with Crippen LogP contribution < -0.4 is 5.32 Å². The summed E-state index contributed by atoms with van der Waals surface area (Å²) in [5, 5.41) is 3.19. The highest BCUT2D eigenvalue weighted by atomic mass is 19.1. The van der Waals surface area contributed by atoms with Crippen molar-refractivity contribution >= 4 is 0 Å². The molecule has 0 saturated carbocycles. The lowest BCUT2D eigenvalue weighted by Gasteiger charge is -2.16. The molecule has 1 aromatic rings. The van der Waals surface area contributed by atoms with Gasteiger partial charge in [-0.2, -0.15) is 0 Å². The molecule has 82 valence electrons. The topological polar surface area (TPSA) is 12.0 Å². The van der Waals surface area contributed by atoms with Crippen LogP contribution in [0.2, 0.25) is 0 Å². The number of aryl methyl sites for hydroxylation is 1. The van der Waals surface area contributed by atoms with Crippen molar-refractivity contribution in [2.45, 2.75) is 25.8 Å². The van der Waals surface area contributed by atoms with Crippen LogP contribution in [0.1, 0.15) is 30.0 Å². The highest BCUT2D eigenvalue weighted by molar-refractivity contribution is 5.26. The van der Waals surface area contributed by atoms with Crippen LogP contribution in [0.25, 0.3) is 0 Å². The van der Waals surface area contributed by atoms with E-state index in [1.54, 1.807) is 12.1 Å². The number of benzene rings is 1. The number of hydrogen-bond donors (Lipinski definition) is 1. The maximum Gasteiger partial charge on any atom is 0.123 e. The first kappa shape index (κ1) is 11.9. The summed E-state index contributed by atoms with van der Waals surface area (Å²) < 4.78 is 13.2. The largest absolute Gasteiger partial charge is 0.313 e. The van der Waals surface area contributed by atoms with Crippen molar-refractivity contribution in [1.82, 2.24) is 5.32 Å². The smallest absolute Gasteiger partial charge is 0.123 e. The second kappa shape index (κ2) is 5.66.